The fourth-order valence-corrected chi connectivity index (χ4v) is 8.73. The maximum absolute atomic E-state index is 4.01. The van der Waals surface area contributed by atoms with E-state index in [-0.39, 0.29) is 16.2 Å². The second-order valence-electron chi connectivity index (χ2n) is 16.0. The van der Waals surface area contributed by atoms with Gasteiger partial charge in [0.1, 0.15) is 0 Å². The van der Waals surface area contributed by atoms with E-state index in [2.05, 4.69) is 211 Å². The van der Waals surface area contributed by atoms with E-state index in [4.69, 9.17) is 0 Å². The van der Waals surface area contributed by atoms with Gasteiger partial charge in [0.2, 0.25) is 0 Å². The van der Waals surface area contributed by atoms with Gasteiger partial charge < -0.3 is 0 Å². The third kappa shape index (κ3) is 6.77. The Kier molecular flexibility index (Phi) is 10.0. The zero-order valence-corrected chi connectivity index (χ0v) is 33.8. The standard InChI is InChI=1S/C38H37.C13H10.Zr/c1-36(2,3)30-21-22-31-28(23-30)24-32-34(31)33(26-15-9-7-10-16-26)25-38(37(4,5)6,29-19-11-8-12-20-29)35(32)27-17-13-14-18-27;1-3-7-12(8-4-1)11-13-9-5-2-6-10-13;/h7-17,19-23,25H,18H2,1-6H3;1-10H;/q-1;;. The van der Waals surface area contributed by atoms with Crippen molar-refractivity contribution in [1.29, 1.82) is 0 Å². The van der Waals surface area contributed by atoms with Crippen molar-refractivity contribution in [3.05, 3.63) is 219 Å². The molecule has 8 rings (SSSR count). The minimum absolute atomic E-state index is 0.0846. The molecule has 0 amide bonds. The van der Waals surface area contributed by atoms with Crippen LogP contribution in [0.5, 0.6) is 0 Å². The molecule has 5 aromatic carbocycles. The van der Waals surface area contributed by atoms with E-state index in [1.54, 1.807) is 0 Å². The van der Waals surface area contributed by atoms with Gasteiger partial charge in [0.15, 0.2) is 0 Å². The van der Waals surface area contributed by atoms with Gasteiger partial charge in [-0.25, -0.2) is 0 Å². The van der Waals surface area contributed by atoms with Crippen molar-refractivity contribution < 1.29 is 24.2 Å². The molecular formula is C51H47Zr-. The summed E-state index contributed by atoms with van der Waals surface area (Å²) >= 11 is 1.46. The van der Waals surface area contributed by atoms with Crippen molar-refractivity contribution in [2.75, 3.05) is 0 Å². The molecule has 256 valence electrons. The molecule has 52 heavy (non-hydrogen) atoms. The molecule has 5 aromatic rings. The zero-order valence-electron chi connectivity index (χ0n) is 31.3. The van der Waals surface area contributed by atoms with Gasteiger partial charge in [0.05, 0.1) is 0 Å². The van der Waals surface area contributed by atoms with Gasteiger partial charge in [-0.15, -0.1) is 33.7 Å². The number of fused-ring (bicyclic) bond motifs is 2. The number of allylic oxidation sites excluding steroid dienone is 8. The molecule has 0 aliphatic heterocycles. The van der Waals surface area contributed by atoms with Crippen LogP contribution in [0.4, 0.5) is 0 Å². The van der Waals surface area contributed by atoms with Crippen molar-refractivity contribution >= 4 is 20.4 Å². The predicted octanol–water partition coefficient (Wildman–Crippen LogP) is 10.9. The van der Waals surface area contributed by atoms with Gasteiger partial charge in [-0.3, -0.25) is 0 Å². The first-order valence-corrected chi connectivity index (χ1v) is 19.7. The van der Waals surface area contributed by atoms with Crippen molar-refractivity contribution in [3.63, 3.8) is 0 Å². The van der Waals surface area contributed by atoms with Gasteiger partial charge >= 0.3 is 99.2 Å². The van der Waals surface area contributed by atoms with E-state index >= 15 is 0 Å². The van der Waals surface area contributed by atoms with Crippen LogP contribution in [0.1, 0.15) is 75.8 Å². The SMILES string of the molecule is CC(C)(C)c1ccc2c(c1)=[C-]C1=C(C3=CC=CC3)C(c3ccccc3)(C(C)(C)C)C=C(c3ccccc3)C=21.[Zr]=[C](c1ccccc1)c1ccccc1. The summed E-state index contributed by atoms with van der Waals surface area (Å²) in [5.41, 5.74) is 13.0. The van der Waals surface area contributed by atoms with Crippen LogP contribution in [0.15, 0.2) is 181 Å². The van der Waals surface area contributed by atoms with Crippen LogP contribution < -0.4 is 10.4 Å². The third-order valence-electron chi connectivity index (χ3n) is 10.7. The summed E-state index contributed by atoms with van der Waals surface area (Å²) in [6.45, 7) is 14.1. The molecule has 1 unspecified atom stereocenters. The van der Waals surface area contributed by atoms with Gasteiger partial charge in [0.25, 0.3) is 0 Å². The van der Waals surface area contributed by atoms with Crippen LogP contribution in [0, 0.1) is 5.41 Å². The number of benzene rings is 5. The Morgan fingerprint density at radius 2 is 1.23 bits per heavy atom. The summed E-state index contributed by atoms with van der Waals surface area (Å²) in [5.74, 6) is 0. The Labute approximate surface area is 325 Å². The maximum atomic E-state index is 4.01. The Morgan fingerprint density at radius 1 is 0.673 bits per heavy atom. The first-order chi connectivity index (χ1) is 25.0. The quantitative estimate of drug-likeness (QED) is 0.157. The Hall–Kier alpha value is -4.45. The molecule has 0 N–H and O–H groups in total. The second-order valence-corrected chi connectivity index (χ2v) is 17.3. The molecule has 0 saturated carbocycles. The van der Waals surface area contributed by atoms with Gasteiger partial charge in [-0.1, -0.05) is 161 Å². The molecule has 3 aliphatic rings. The van der Waals surface area contributed by atoms with Crippen LogP contribution in [0.2, 0.25) is 0 Å². The molecule has 0 nitrogen and oxygen atoms in total. The molecular weight excluding hydrogens is 704 g/mol. The zero-order chi connectivity index (χ0) is 36.5. The number of hydrogen-bond acceptors (Lipinski definition) is 0. The average molecular weight is 751 g/mol. The summed E-state index contributed by atoms with van der Waals surface area (Å²) in [4.78, 5) is 0. The molecule has 0 spiro atoms. The van der Waals surface area contributed by atoms with Crippen LogP contribution in [-0.2, 0) is 35.1 Å². The third-order valence-corrected chi connectivity index (χ3v) is 12.1. The predicted molar refractivity (Wildman–Crippen MR) is 218 cm³/mol. The minimum atomic E-state index is -0.321. The van der Waals surface area contributed by atoms with E-state index in [0.717, 1.165) is 6.42 Å². The molecule has 0 saturated heterocycles. The molecule has 0 heterocycles. The summed E-state index contributed by atoms with van der Waals surface area (Å²) in [6, 6.07) is 50.2. The first-order valence-electron chi connectivity index (χ1n) is 18.4. The van der Waals surface area contributed by atoms with E-state index < -0.39 is 0 Å². The van der Waals surface area contributed by atoms with E-state index in [1.807, 2.05) is 0 Å². The monoisotopic (exact) mass is 749 g/mol. The first kappa shape index (κ1) is 35.9. The molecule has 0 aromatic heterocycles. The van der Waals surface area contributed by atoms with Crippen LogP contribution in [-0.4, -0.2) is 3.21 Å². The normalized spacial score (nSPS) is 17.7. The van der Waals surface area contributed by atoms with Gasteiger partial charge in [0, 0.05) is 5.41 Å². The Bertz CT molecular complexity index is 2310. The average Bonchev–Trinajstić information content (AvgIpc) is 3.83. The van der Waals surface area contributed by atoms with E-state index in [0.29, 0.717) is 0 Å². The van der Waals surface area contributed by atoms with Crippen molar-refractivity contribution in [2.24, 2.45) is 5.41 Å². The second kappa shape index (κ2) is 14.5. The van der Waals surface area contributed by atoms with Crippen LogP contribution >= 0.6 is 0 Å². The summed E-state index contributed by atoms with van der Waals surface area (Å²) in [7, 11) is 0. The molecule has 0 bridgehead atoms. The summed E-state index contributed by atoms with van der Waals surface area (Å²) < 4.78 is 1.42. The number of hydrogen-bond donors (Lipinski definition) is 0. The van der Waals surface area contributed by atoms with E-state index in [1.165, 1.54) is 93.6 Å². The van der Waals surface area contributed by atoms with Crippen LogP contribution in [0.3, 0.4) is 0 Å². The van der Waals surface area contributed by atoms with Gasteiger partial charge in [-0.05, 0) is 28.4 Å². The Morgan fingerprint density at radius 3 is 1.75 bits per heavy atom. The molecule has 0 radical (unpaired) electrons. The fraction of sp³-hybridized carbons (Fsp3) is 0.196. The molecule has 0 fully saturated rings. The molecule has 3 aliphatic carbocycles. The van der Waals surface area contributed by atoms with Crippen molar-refractivity contribution in [1.82, 2.24) is 0 Å². The van der Waals surface area contributed by atoms with Crippen LogP contribution in [0.25, 0.3) is 17.2 Å². The fourth-order valence-electron chi connectivity index (χ4n) is 7.91. The van der Waals surface area contributed by atoms with Crippen molar-refractivity contribution in [2.45, 2.75) is 58.8 Å². The summed E-state index contributed by atoms with van der Waals surface area (Å²) in [5, 5.41) is 2.51. The summed E-state index contributed by atoms with van der Waals surface area (Å²) in [6.07, 6.45) is 14.4. The molecule has 1 atom stereocenters. The number of rotatable bonds is 5. The molecule has 1 heteroatoms. The van der Waals surface area contributed by atoms with Gasteiger partial charge in [-0.2, -0.15) is 0 Å². The Balaban J connectivity index is 0.000000251. The topological polar surface area (TPSA) is 0 Å². The van der Waals surface area contributed by atoms with Crippen molar-refractivity contribution in [3.8, 4) is 0 Å². The van der Waals surface area contributed by atoms with E-state index in [9.17, 15) is 0 Å².